The Morgan fingerprint density at radius 2 is 0.546 bits per heavy atom. The molecule has 0 amide bonds. The van der Waals surface area contributed by atoms with Crippen molar-refractivity contribution >= 4 is 137 Å². The van der Waals surface area contributed by atoms with Gasteiger partial charge in [-0.05, 0) is 182 Å². The number of hydrogen-bond donors (Lipinski definition) is 0. The molecule has 1 aliphatic heterocycles. The Morgan fingerprint density at radius 3 is 0.981 bits per heavy atom. The number of aromatic nitrogens is 6. The minimum atomic E-state index is -0.359. The average Bonchev–Trinajstić information content (AvgIpc) is 1.27. The second-order valence-electron chi connectivity index (χ2n) is 28.5. The summed E-state index contributed by atoms with van der Waals surface area (Å²) < 4.78 is 25.5. The van der Waals surface area contributed by atoms with Crippen LogP contribution in [0.25, 0.3) is 188 Å². The van der Waals surface area contributed by atoms with Gasteiger partial charge in [-0.15, -0.1) is 0 Å². The van der Waals surface area contributed by atoms with Crippen LogP contribution >= 0.6 is 15.9 Å². The summed E-state index contributed by atoms with van der Waals surface area (Å²) in [5, 5.41) is 18.3. The number of benzene rings is 16. The summed E-state index contributed by atoms with van der Waals surface area (Å²) in [5.41, 5.74) is 11.9. The first-order valence-corrected chi connectivity index (χ1v) is 37.0. The Balaban J connectivity index is 0.000000118. The number of fused-ring (bicyclic) bond motifs is 12. The topological polar surface area (TPSA) is 122 Å². The second-order valence-corrected chi connectivity index (χ2v) is 29.3. The molecule has 10 nitrogen and oxygen atoms in total. The lowest BCUT2D eigenvalue weighted by molar-refractivity contribution is 0.00578. The fourth-order valence-electron chi connectivity index (χ4n) is 14.8. The summed E-state index contributed by atoms with van der Waals surface area (Å²) in [7, 11) is -0.359. The molecule has 0 saturated carbocycles. The number of furan rings is 2. The van der Waals surface area contributed by atoms with E-state index in [1.807, 2.05) is 48.5 Å². The van der Waals surface area contributed by atoms with E-state index < -0.39 is 0 Å². The highest BCUT2D eigenvalue weighted by Gasteiger charge is 2.52. The van der Waals surface area contributed by atoms with Crippen molar-refractivity contribution in [3.8, 4) is 79.5 Å². The molecule has 0 bridgehead atoms. The predicted molar refractivity (Wildman–Crippen MR) is 447 cm³/mol. The first-order valence-electron chi connectivity index (χ1n) is 36.2. The van der Waals surface area contributed by atoms with Crippen LogP contribution in [0.3, 0.4) is 0 Å². The standard InChI is InChI=1S/C45H27N3O.C33H20BrN3.C18H19BO3/c1-3-11-30-25-33(19-17-28(30)9-1)43-46-44(34-20-18-29-10-2-4-12-31(29)26-34)48-45(47-43)40-24-23-35(36-13-5-6-14-37(36)40)32-21-22-39-38-15-7-8-16-41(38)49-42(39)27-32;34-30-18-17-29(27-11-5-6-12-28(27)30)33-36-31(25-15-13-21-7-1-3-9-23(21)19-25)35-32(37-33)26-16-14-22-8-2-4-10-24(22)20-26;1-17(2)18(3,4)22-19(21-17)12-9-10-14-13-7-5-6-8-15(13)20-16(14)11-12/h1-27H;1-20H;5-11H,1-4H3. The number of rotatable bonds is 8. The quantitative estimate of drug-likeness (QED) is 0.136. The van der Waals surface area contributed by atoms with Crippen LogP contribution in [0.5, 0.6) is 0 Å². The van der Waals surface area contributed by atoms with E-state index in [2.05, 4.69) is 323 Å². The van der Waals surface area contributed by atoms with Crippen molar-refractivity contribution in [1.82, 2.24) is 29.9 Å². The summed E-state index contributed by atoms with van der Waals surface area (Å²) in [5.74, 6) is 3.89. The highest BCUT2D eigenvalue weighted by Crippen LogP contribution is 2.42. The Kier molecular flexibility index (Phi) is 16.4. The molecule has 1 fully saturated rings. The minimum absolute atomic E-state index is 0.333. The van der Waals surface area contributed by atoms with Crippen LogP contribution in [0.2, 0.25) is 0 Å². The Morgan fingerprint density at radius 1 is 0.241 bits per heavy atom. The van der Waals surface area contributed by atoms with Crippen LogP contribution in [0, 0.1) is 0 Å². The fraction of sp³-hybridized carbons (Fsp3) is 0.0625. The monoisotopic (exact) mass is 1460 g/mol. The van der Waals surface area contributed by atoms with Crippen molar-refractivity contribution in [3.63, 3.8) is 0 Å². The molecule has 4 aromatic heterocycles. The molecule has 21 rings (SSSR count). The molecule has 0 N–H and O–H groups in total. The van der Waals surface area contributed by atoms with Gasteiger partial charge in [-0.1, -0.05) is 271 Å². The van der Waals surface area contributed by atoms with E-state index in [-0.39, 0.29) is 18.3 Å². The van der Waals surface area contributed by atoms with Gasteiger partial charge < -0.3 is 18.1 Å². The summed E-state index contributed by atoms with van der Waals surface area (Å²) in [4.78, 5) is 30.4. The highest BCUT2D eigenvalue weighted by atomic mass is 79.9. The van der Waals surface area contributed by atoms with E-state index in [1.165, 1.54) is 21.5 Å². The van der Waals surface area contributed by atoms with Crippen LogP contribution in [0.15, 0.2) is 341 Å². The first-order chi connectivity index (χ1) is 52.8. The van der Waals surface area contributed by atoms with Crippen molar-refractivity contribution in [2.45, 2.75) is 38.9 Å². The zero-order chi connectivity index (χ0) is 72.6. The summed E-state index contributed by atoms with van der Waals surface area (Å²) in [6.45, 7) is 8.25. The molecular formula is C96H66BBrN6O4. The molecule has 108 heavy (non-hydrogen) atoms. The third-order valence-electron chi connectivity index (χ3n) is 21.2. The van der Waals surface area contributed by atoms with Crippen LogP contribution in [-0.4, -0.2) is 48.2 Å². The Bertz CT molecular complexity index is 6760. The molecule has 514 valence electrons. The van der Waals surface area contributed by atoms with E-state index >= 15 is 0 Å². The lowest BCUT2D eigenvalue weighted by Crippen LogP contribution is -2.41. The van der Waals surface area contributed by atoms with Gasteiger partial charge >= 0.3 is 7.12 Å². The van der Waals surface area contributed by atoms with Gasteiger partial charge in [-0.3, -0.25) is 0 Å². The molecule has 0 unspecified atom stereocenters. The van der Waals surface area contributed by atoms with Crippen molar-refractivity contribution in [1.29, 1.82) is 0 Å². The molecule has 5 heterocycles. The van der Waals surface area contributed by atoms with Gasteiger partial charge in [0.15, 0.2) is 34.9 Å². The maximum Gasteiger partial charge on any atom is 0.494 e. The summed E-state index contributed by atoms with van der Waals surface area (Å²) in [6.07, 6.45) is 0. The lowest BCUT2D eigenvalue weighted by Gasteiger charge is -2.32. The maximum atomic E-state index is 6.26. The van der Waals surface area contributed by atoms with Crippen molar-refractivity contribution in [2.24, 2.45) is 0 Å². The van der Waals surface area contributed by atoms with Crippen LogP contribution in [0.4, 0.5) is 0 Å². The number of nitrogens with zero attached hydrogens (tertiary/aromatic N) is 6. The zero-order valence-corrected chi connectivity index (χ0v) is 61.0. The SMILES string of the molecule is Brc1ccc(-c2nc(-c3ccc4ccccc4c3)nc(-c3ccc4ccccc4c3)n2)c2ccccc12.CC1(C)OB(c2ccc3c(c2)oc2ccccc23)OC1(C)C.c1ccc2cc(-c3nc(-c4ccc5ccccc5c4)nc(-c4ccc(-c5ccc6c(c5)oc5ccccc56)c5ccccc45)n3)ccc2c1. The van der Waals surface area contributed by atoms with E-state index in [9.17, 15) is 0 Å². The molecule has 0 spiro atoms. The van der Waals surface area contributed by atoms with Gasteiger partial charge in [0.2, 0.25) is 0 Å². The Labute approximate surface area is 631 Å². The molecule has 20 aromatic rings. The van der Waals surface area contributed by atoms with Gasteiger partial charge in [0.1, 0.15) is 22.3 Å². The van der Waals surface area contributed by atoms with Gasteiger partial charge in [0.05, 0.1) is 11.2 Å². The maximum absolute atomic E-state index is 6.26. The van der Waals surface area contributed by atoms with Crippen LogP contribution < -0.4 is 5.46 Å². The highest BCUT2D eigenvalue weighted by molar-refractivity contribution is 9.10. The number of hydrogen-bond acceptors (Lipinski definition) is 10. The van der Waals surface area contributed by atoms with Crippen LogP contribution in [-0.2, 0) is 9.31 Å². The third kappa shape index (κ3) is 12.3. The molecule has 0 radical (unpaired) electrons. The summed E-state index contributed by atoms with van der Waals surface area (Å²) in [6, 6.07) is 113. The molecule has 1 saturated heterocycles. The van der Waals surface area contributed by atoms with Gasteiger partial charge in [-0.25, -0.2) is 29.9 Å². The molecule has 0 atom stereocenters. The van der Waals surface area contributed by atoms with E-state index in [1.54, 1.807) is 0 Å². The summed E-state index contributed by atoms with van der Waals surface area (Å²) >= 11 is 3.70. The Hall–Kier alpha value is -12.8. The smallest absolute Gasteiger partial charge is 0.456 e. The third-order valence-corrected chi connectivity index (χ3v) is 21.9. The van der Waals surface area contributed by atoms with E-state index in [0.717, 1.165) is 141 Å². The molecule has 1 aliphatic rings. The number of para-hydroxylation sites is 2. The molecule has 12 heteroatoms. The first kappa shape index (κ1) is 65.9. The van der Waals surface area contributed by atoms with Crippen molar-refractivity contribution < 1.29 is 18.1 Å². The van der Waals surface area contributed by atoms with Gasteiger partial charge in [-0.2, -0.15) is 0 Å². The molecular weight excluding hydrogens is 1390 g/mol. The minimum Gasteiger partial charge on any atom is -0.456 e. The van der Waals surface area contributed by atoms with Crippen LogP contribution in [0.1, 0.15) is 27.7 Å². The van der Waals surface area contributed by atoms with Gasteiger partial charge in [0, 0.05) is 59.4 Å². The molecule has 0 aliphatic carbocycles. The van der Waals surface area contributed by atoms with Crippen molar-refractivity contribution in [2.75, 3.05) is 0 Å². The second kappa shape index (κ2) is 26.9. The van der Waals surface area contributed by atoms with Crippen molar-refractivity contribution in [3.05, 3.63) is 332 Å². The predicted octanol–water partition coefficient (Wildman–Crippen LogP) is 24.9. The van der Waals surface area contributed by atoms with E-state index in [4.69, 9.17) is 48.0 Å². The zero-order valence-electron chi connectivity index (χ0n) is 59.4. The largest absolute Gasteiger partial charge is 0.494 e. The van der Waals surface area contributed by atoms with Gasteiger partial charge in [0.25, 0.3) is 0 Å². The molecule has 16 aromatic carbocycles. The normalized spacial score (nSPS) is 13.3. The lowest BCUT2D eigenvalue weighted by atomic mass is 9.79. The van der Waals surface area contributed by atoms with E-state index in [0.29, 0.717) is 34.9 Å². The number of halogens is 1. The average molecular weight is 1460 g/mol. The fourth-order valence-corrected chi connectivity index (χ4v) is 15.3.